The zero-order valence-corrected chi connectivity index (χ0v) is 12.4. The van der Waals surface area contributed by atoms with Gasteiger partial charge in [0.25, 0.3) is 5.91 Å². The molecule has 6 nitrogen and oxygen atoms in total. The van der Waals surface area contributed by atoms with Crippen molar-refractivity contribution in [3.8, 4) is 5.75 Å². The van der Waals surface area contributed by atoms with Crippen LogP contribution in [0.2, 0.25) is 0 Å². The van der Waals surface area contributed by atoms with E-state index in [2.05, 4.69) is 16.0 Å². The zero-order chi connectivity index (χ0) is 16.2. The van der Waals surface area contributed by atoms with Gasteiger partial charge in [0.2, 0.25) is 0 Å². The van der Waals surface area contributed by atoms with Gasteiger partial charge in [0.15, 0.2) is 0 Å². The standard InChI is InChI=1S/C17H17N3O3/c21-15-4-2-1-3-14(15)16(22)18-11-5-7-12(8-6-11)19-17(23)20-13-9-10-13/h1-8,13,21H,9-10H2,(H,18,22)(H2,19,20,23). The van der Waals surface area contributed by atoms with Crippen molar-refractivity contribution in [3.63, 3.8) is 0 Å². The smallest absolute Gasteiger partial charge is 0.319 e. The van der Waals surface area contributed by atoms with E-state index >= 15 is 0 Å². The van der Waals surface area contributed by atoms with Gasteiger partial charge < -0.3 is 21.1 Å². The molecule has 0 aliphatic heterocycles. The number of phenolic OH excluding ortho intramolecular Hbond substituents is 1. The van der Waals surface area contributed by atoms with Crippen LogP contribution in [0.4, 0.5) is 16.2 Å². The number of benzene rings is 2. The van der Waals surface area contributed by atoms with Crippen molar-refractivity contribution in [1.82, 2.24) is 5.32 Å². The molecule has 0 aromatic heterocycles. The summed E-state index contributed by atoms with van der Waals surface area (Å²) in [5.41, 5.74) is 1.42. The van der Waals surface area contributed by atoms with Crippen molar-refractivity contribution in [2.75, 3.05) is 10.6 Å². The van der Waals surface area contributed by atoms with E-state index in [1.54, 1.807) is 42.5 Å². The molecule has 1 saturated carbocycles. The summed E-state index contributed by atoms with van der Waals surface area (Å²) in [5.74, 6) is -0.463. The summed E-state index contributed by atoms with van der Waals surface area (Å²) in [6, 6.07) is 13.2. The van der Waals surface area contributed by atoms with E-state index in [1.807, 2.05) is 0 Å². The third kappa shape index (κ3) is 4.00. The second-order valence-corrected chi connectivity index (χ2v) is 5.42. The molecule has 3 rings (SSSR count). The van der Waals surface area contributed by atoms with Gasteiger partial charge >= 0.3 is 6.03 Å². The van der Waals surface area contributed by atoms with E-state index in [0.717, 1.165) is 12.8 Å². The van der Waals surface area contributed by atoms with Crippen molar-refractivity contribution in [2.45, 2.75) is 18.9 Å². The molecule has 0 unspecified atom stereocenters. The molecule has 6 heteroatoms. The van der Waals surface area contributed by atoms with Crippen LogP contribution in [0.5, 0.6) is 5.75 Å². The maximum Gasteiger partial charge on any atom is 0.319 e. The molecule has 4 N–H and O–H groups in total. The van der Waals surface area contributed by atoms with Crippen LogP contribution in [0.25, 0.3) is 0 Å². The summed E-state index contributed by atoms with van der Waals surface area (Å²) in [5, 5.41) is 17.9. The zero-order valence-electron chi connectivity index (χ0n) is 12.4. The number of para-hydroxylation sites is 1. The molecule has 23 heavy (non-hydrogen) atoms. The van der Waals surface area contributed by atoms with Crippen molar-refractivity contribution < 1.29 is 14.7 Å². The molecule has 0 bridgehead atoms. The Morgan fingerprint density at radius 3 is 2.13 bits per heavy atom. The molecule has 2 aromatic rings. The monoisotopic (exact) mass is 311 g/mol. The average Bonchev–Trinajstić information content (AvgIpc) is 3.33. The molecule has 118 valence electrons. The number of phenols is 1. The summed E-state index contributed by atoms with van der Waals surface area (Å²) in [4.78, 5) is 23.7. The van der Waals surface area contributed by atoms with E-state index in [1.165, 1.54) is 6.07 Å². The molecular formula is C17H17N3O3. The fourth-order valence-corrected chi connectivity index (χ4v) is 2.08. The van der Waals surface area contributed by atoms with Gasteiger partial charge in [-0.3, -0.25) is 4.79 Å². The molecule has 1 fully saturated rings. The largest absolute Gasteiger partial charge is 0.507 e. The Labute approximate surface area is 133 Å². The highest BCUT2D eigenvalue weighted by molar-refractivity contribution is 6.06. The van der Waals surface area contributed by atoms with Crippen molar-refractivity contribution in [2.24, 2.45) is 0 Å². The number of nitrogens with one attached hydrogen (secondary N) is 3. The number of rotatable bonds is 4. The van der Waals surface area contributed by atoms with Gasteiger partial charge in [0, 0.05) is 17.4 Å². The molecule has 1 aliphatic rings. The summed E-state index contributed by atoms with van der Waals surface area (Å²) in [6.07, 6.45) is 2.06. The molecular weight excluding hydrogens is 294 g/mol. The summed E-state index contributed by atoms with van der Waals surface area (Å²) in [7, 11) is 0. The fourth-order valence-electron chi connectivity index (χ4n) is 2.08. The quantitative estimate of drug-likeness (QED) is 0.700. The highest BCUT2D eigenvalue weighted by Crippen LogP contribution is 2.20. The van der Waals surface area contributed by atoms with E-state index in [9.17, 15) is 14.7 Å². The third-order valence-corrected chi connectivity index (χ3v) is 3.46. The van der Waals surface area contributed by atoms with Crippen LogP contribution in [0, 0.1) is 0 Å². The molecule has 0 atom stereocenters. The van der Waals surface area contributed by atoms with Crippen molar-refractivity contribution in [3.05, 3.63) is 54.1 Å². The lowest BCUT2D eigenvalue weighted by molar-refractivity contribution is 0.102. The Bertz CT molecular complexity index is 724. The van der Waals surface area contributed by atoms with Crippen LogP contribution in [0.15, 0.2) is 48.5 Å². The molecule has 0 heterocycles. The third-order valence-electron chi connectivity index (χ3n) is 3.46. The molecule has 0 radical (unpaired) electrons. The van der Waals surface area contributed by atoms with Gasteiger partial charge in [-0.1, -0.05) is 12.1 Å². The van der Waals surface area contributed by atoms with Crippen LogP contribution in [0.3, 0.4) is 0 Å². The van der Waals surface area contributed by atoms with Gasteiger partial charge in [0.05, 0.1) is 5.56 Å². The lowest BCUT2D eigenvalue weighted by Crippen LogP contribution is -2.30. The lowest BCUT2D eigenvalue weighted by Gasteiger charge is -2.09. The van der Waals surface area contributed by atoms with E-state index < -0.39 is 5.91 Å². The number of hydrogen-bond acceptors (Lipinski definition) is 3. The lowest BCUT2D eigenvalue weighted by atomic mass is 10.2. The number of amides is 3. The van der Waals surface area contributed by atoms with Gasteiger partial charge in [-0.25, -0.2) is 4.79 Å². The Hall–Kier alpha value is -3.02. The van der Waals surface area contributed by atoms with Gasteiger partial charge in [-0.2, -0.15) is 0 Å². The molecule has 3 amide bonds. The van der Waals surface area contributed by atoms with Crippen molar-refractivity contribution in [1.29, 1.82) is 0 Å². The minimum atomic E-state index is -0.393. The van der Waals surface area contributed by atoms with E-state index in [0.29, 0.717) is 17.4 Å². The predicted octanol–water partition coefficient (Wildman–Crippen LogP) is 2.93. The van der Waals surface area contributed by atoms with Crippen LogP contribution < -0.4 is 16.0 Å². The van der Waals surface area contributed by atoms with Gasteiger partial charge in [-0.15, -0.1) is 0 Å². The van der Waals surface area contributed by atoms with Crippen LogP contribution in [-0.4, -0.2) is 23.1 Å². The first-order chi connectivity index (χ1) is 11.1. The maximum absolute atomic E-state index is 12.1. The number of hydrogen-bond donors (Lipinski definition) is 4. The van der Waals surface area contributed by atoms with Crippen LogP contribution >= 0.6 is 0 Å². The first kappa shape index (κ1) is 14.9. The molecule has 2 aromatic carbocycles. The minimum Gasteiger partial charge on any atom is -0.507 e. The Balaban J connectivity index is 1.59. The first-order valence-electron chi connectivity index (χ1n) is 7.39. The molecule has 1 aliphatic carbocycles. The van der Waals surface area contributed by atoms with Crippen LogP contribution in [0.1, 0.15) is 23.2 Å². The van der Waals surface area contributed by atoms with Gasteiger partial charge in [-0.05, 0) is 49.2 Å². The molecule has 0 saturated heterocycles. The highest BCUT2D eigenvalue weighted by atomic mass is 16.3. The van der Waals surface area contributed by atoms with Gasteiger partial charge in [0.1, 0.15) is 5.75 Å². The van der Waals surface area contributed by atoms with E-state index in [-0.39, 0.29) is 17.3 Å². The Kier molecular flexibility index (Phi) is 4.14. The van der Waals surface area contributed by atoms with Crippen molar-refractivity contribution >= 4 is 23.3 Å². The number of anilines is 2. The molecule has 0 spiro atoms. The second-order valence-electron chi connectivity index (χ2n) is 5.42. The average molecular weight is 311 g/mol. The van der Waals surface area contributed by atoms with E-state index in [4.69, 9.17) is 0 Å². The summed E-state index contributed by atoms with van der Waals surface area (Å²) < 4.78 is 0. The highest BCUT2D eigenvalue weighted by Gasteiger charge is 2.23. The SMILES string of the molecule is O=C(Nc1ccc(NC(=O)c2ccccc2O)cc1)NC1CC1. The number of carbonyl (C=O) groups is 2. The Morgan fingerprint density at radius 2 is 1.52 bits per heavy atom. The number of urea groups is 1. The first-order valence-corrected chi connectivity index (χ1v) is 7.39. The summed E-state index contributed by atoms with van der Waals surface area (Å²) >= 11 is 0. The number of aromatic hydroxyl groups is 1. The second kappa shape index (κ2) is 6.39. The topological polar surface area (TPSA) is 90.5 Å². The Morgan fingerprint density at radius 1 is 0.913 bits per heavy atom. The maximum atomic E-state index is 12.1. The normalized spacial score (nSPS) is 13.2. The minimum absolute atomic E-state index is 0.0694. The fraction of sp³-hybridized carbons (Fsp3) is 0.176. The summed E-state index contributed by atoms with van der Waals surface area (Å²) in [6.45, 7) is 0. The van der Waals surface area contributed by atoms with Crippen LogP contribution in [-0.2, 0) is 0 Å². The predicted molar refractivity (Wildman–Crippen MR) is 87.7 cm³/mol. The number of carbonyl (C=O) groups excluding carboxylic acids is 2.